The minimum atomic E-state index is -0.536. The largest absolute Gasteiger partial charge is 0.293 e. The van der Waals surface area contributed by atoms with Crippen LogP contribution in [0.25, 0.3) is 0 Å². The van der Waals surface area contributed by atoms with Crippen molar-refractivity contribution in [1.82, 2.24) is 0 Å². The number of amides is 2. The summed E-state index contributed by atoms with van der Waals surface area (Å²) < 4.78 is 0. The van der Waals surface area contributed by atoms with Crippen LogP contribution in [0.1, 0.15) is 19.4 Å². The zero-order chi connectivity index (χ0) is 18.0. The number of carbonyl (C=O) groups excluding carboxylic acids is 2. The number of imide groups is 1. The molecule has 0 unspecified atom stereocenters. The van der Waals surface area contributed by atoms with Gasteiger partial charge in [-0.2, -0.15) is 0 Å². The maximum Gasteiger partial charge on any atom is 0.293 e. The van der Waals surface area contributed by atoms with E-state index < -0.39 is 16.8 Å². The number of fused-ring (bicyclic) bond motifs is 5. The lowest BCUT2D eigenvalue weighted by molar-refractivity contribution is -0.384. The molecule has 1 aromatic carbocycles. The molecule has 0 spiro atoms. The van der Waals surface area contributed by atoms with E-state index in [1.165, 1.54) is 12.1 Å². The molecule has 128 valence electrons. The predicted octanol–water partition coefficient (Wildman–Crippen LogP) is 3.16. The monoisotopic (exact) mass is 338 g/mol. The number of hydrogen-bond acceptors (Lipinski definition) is 4. The fourth-order valence-corrected chi connectivity index (χ4v) is 4.64. The van der Waals surface area contributed by atoms with E-state index in [1.807, 2.05) is 26.0 Å². The van der Waals surface area contributed by atoms with E-state index in [0.717, 1.165) is 16.0 Å². The molecule has 6 nitrogen and oxygen atoms in total. The number of anilines is 1. The Bertz CT molecular complexity index is 861. The van der Waals surface area contributed by atoms with E-state index in [4.69, 9.17) is 0 Å². The van der Waals surface area contributed by atoms with Gasteiger partial charge in [-0.15, -0.1) is 0 Å². The molecule has 2 amide bonds. The number of nitrogens with zero attached hydrogens (tertiary/aromatic N) is 2. The van der Waals surface area contributed by atoms with Gasteiger partial charge in [0.2, 0.25) is 11.8 Å². The van der Waals surface area contributed by atoms with Crippen LogP contribution in [0.2, 0.25) is 0 Å². The van der Waals surface area contributed by atoms with Crippen LogP contribution < -0.4 is 4.90 Å². The lowest BCUT2D eigenvalue weighted by Gasteiger charge is -2.19. The molecular weight excluding hydrogens is 320 g/mol. The highest BCUT2D eigenvalue weighted by Gasteiger charge is 2.62. The Kier molecular flexibility index (Phi) is 3.22. The third-order valence-electron chi connectivity index (χ3n) is 5.56. The molecule has 1 aliphatic heterocycles. The minimum absolute atomic E-state index is 0.0639. The SMILES string of the molecule is CC(C)=C1[C@H]2C=C[C@H]1[C@H]1C(=O)N(c3ccc(C)cc3[N+](=O)[O-])C(=O)[C@H]12. The van der Waals surface area contributed by atoms with Gasteiger partial charge < -0.3 is 0 Å². The lowest BCUT2D eigenvalue weighted by Crippen LogP contribution is -2.33. The summed E-state index contributed by atoms with van der Waals surface area (Å²) in [5.41, 5.74) is 2.89. The van der Waals surface area contributed by atoms with E-state index in [-0.39, 0.29) is 35.0 Å². The molecule has 0 radical (unpaired) electrons. The molecule has 4 rings (SSSR count). The quantitative estimate of drug-likeness (QED) is 0.359. The van der Waals surface area contributed by atoms with Crippen molar-refractivity contribution >= 4 is 23.2 Å². The summed E-state index contributed by atoms with van der Waals surface area (Å²) in [7, 11) is 0. The van der Waals surface area contributed by atoms with Crippen LogP contribution in [0.3, 0.4) is 0 Å². The van der Waals surface area contributed by atoms with Gasteiger partial charge in [0.1, 0.15) is 5.69 Å². The second-order valence-corrected chi connectivity index (χ2v) is 7.20. The smallest absolute Gasteiger partial charge is 0.274 e. The van der Waals surface area contributed by atoms with Crippen molar-refractivity contribution in [3.05, 3.63) is 57.2 Å². The molecule has 1 aromatic rings. The van der Waals surface area contributed by atoms with Crippen LogP contribution >= 0.6 is 0 Å². The van der Waals surface area contributed by atoms with Crippen molar-refractivity contribution in [2.45, 2.75) is 20.8 Å². The van der Waals surface area contributed by atoms with Crippen molar-refractivity contribution in [1.29, 1.82) is 0 Å². The molecule has 6 heteroatoms. The number of aryl methyl sites for hydroxylation is 1. The first-order valence-electron chi connectivity index (χ1n) is 8.31. The molecule has 2 bridgehead atoms. The highest BCUT2D eigenvalue weighted by molar-refractivity contribution is 6.24. The van der Waals surface area contributed by atoms with Gasteiger partial charge in [0.05, 0.1) is 16.8 Å². The molecule has 25 heavy (non-hydrogen) atoms. The van der Waals surface area contributed by atoms with Gasteiger partial charge in [-0.25, -0.2) is 4.90 Å². The minimum Gasteiger partial charge on any atom is -0.274 e. The van der Waals surface area contributed by atoms with E-state index in [9.17, 15) is 19.7 Å². The van der Waals surface area contributed by atoms with Crippen molar-refractivity contribution in [2.75, 3.05) is 4.90 Å². The summed E-state index contributed by atoms with van der Waals surface area (Å²) in [6.45, 7) is 5.74. The Labute approximate surface area is 145 Å². The number of benzene rings is 1. The third-order valence-corrected chi connectivity index (χ3v) is 5.56. The number of rotatable bonds is 2. The summed E-state index contributed by atoms with van der Waals surface area (Å²) in [4.78, 5) is 38.0. The summed E-state index contributed by atoms with van der Waals surface area (Å²) in [5, 5.41) is 11.4. The summed E-state index contributed by atoms with van der Waals surface area (Å²) in [5.74, 6) is -1.64. The Morgan fingerprint density at radius 3 is 2.12 bits per heavy atom. The molecule has 2 aliphatic carbocycles. The third kappa shape index (κ3) is 1.97. The summed E-state index contributed by atoms with van der Waals surface area (Å²) >= 11 is 0. The van der Waals surface area contributed by atoms with E-state index >= 15 is 0 Å². The highest BCUT2D eigenvalue weighted by Crippen LogP contribution is 2.57. The van der Waals surface area contributed by atoms with Crippen molar-refractivity contribution in [3.8, 4) is 0 Å². The normalized spacial score (nSPS) is 29.6. The summed E-state index contributed by atoms with van der Waals surface area (Å²) in [6, 6.07) is 4.59. The fourth-order valence-electron chi connectivity index (χ4n) is 4.64. The van der Waals surface area contributed by atoms with E-state index in [0.29, 0.717) is 5.56 Å². The second-order valence-electron chi connectivity index (χ2n) is 7.20. The Hall–Kier alpha value is -2.76. The van der Waals surface area contributed by atoms with Crippen LogP contribution in [0.4, 0.5) is 11.4 Å². The van der Waals surface area contributed by atoms with Crippen LogP contribution in [0.5, 0.6) is 0 Å². The molecule has 0 aromatic heterocycles. The van der Waals surface area contributed by atoms with Gasteiger partial charge in [-0.3, -0.25) is 19.7 Å². The number of nitro benzene ring substituents is 1. The molecule has 1 heterocycles. The lowest BCUT2D eigenvalue weighted by atomic mass is 9.85. The Balaban J connectivity index is 1.81. The number of nitro groups is 1. The number of carbonyl (C=O) groups is 2. The second kappa shape index (κ2) is 5.12. The zero-order valence-electron chi connectivity index (χ0n) is 14.2. The van der Waals surface area contributed by atoms with Crippen LogP contribution in [-0.2, 0) is 9.59 Å². The van der Waals surface area contributed by atoms with Crippen molar-refractivity contribution in [2.24, 2.45) is 23.7 Å². The van der Waals surface area contributed by atoms with E-state index in [2.05, 4.69) is 0 Å². The average Bonchev–Trinajstić information content (AvgIpc) is 3.18. The Morgan fingerprint density at radius 2 is 1.64 bits per heavy atom. The van der Waals surface area contributed by atoms with Crippen molar-refractivity contribution < 1.29 is 14.5 Å². The fraction of sp³-hybridized carbons (Fsp3) is 0.368. The van der Waals surface area contributed by atoms with E-state index in [1.54, 1.807) is 13.0 Å². The van der Waals surface area contributed by atoms with Gasteiger partial charge in [0.15, 0.2) is 0 Å². The number of hydrogen-bond donors (Lipinski definition) is 0. The first-order chi connectivity index (χ1) is 11.8. The van der Waals surface area contributed by atoms with Gasteiger partial charge in [-0.1, -0.05) is 29.4 Å². The summed E-state index contributed by atoms with van der Waals surface area (Å²) in [6.07, 6.45) is 4.01. The Morgan fingerprint density at radius 1 is 1.08 bits per heavy atom. The molecule has 1 saturated carbocycles. The first-order valence-corrected chi connectivity index (χ1v) is 8.31. The van der Waals surface area contributed by atoms with Gasteiger partial charge in [-0.05, 0) is 32.4 Å². The maximum atomic E-state index is 13.0. The topological polar surface area (TPSA) is 80.5 Å². The van der Waals surface area contributed by atoms with Crippen LogP contribution in [0.15, 0.2) is 41.5 Å². The predicted molar refractivity (Wildman–Crippen MR) is 91.8 cm³/mol. The highest BCUT2D eigenvalue weighted by atomic mass is 16.6. The van der Waals surface area contributed by atoms with Crippen LogP contribution in [-0.4, -0.2) is 16.7 Å². The van der Waals surface area contributed by atoms with Gasteiger partial charge >= 0.3 is 0 Å². The first kappa shape index (κ1) is 15.7. The zero-order valence-corrected chi connectivity index (χ0v) is 14.2. The molecule has 1 saturated heterocycles. The maximum absolute atomic E-state index is 13.0. The average molecular weight is 338 g/mol. The van der Waals surface area contributed by atoms with Gasteiger partial charge in [0, 0.05) is 17.9 Å². The molecule has 2 fully saturated rings. The van der Waals surface area contributed by atoms with Crippen molar-refractivity contribution in [3.63, 3.8) is 0 Å². The standard InChI is InChI=1S/C19H18N2O4/c1-9(2)15-11-5-6-12(15)17-16(11)18(22)20(19(17)23)13-7-4-10(3)8-14(13)21(24)25/h4-8,11-12,16-17H,1-3H3/t11-,12-,16-,17+/m1/s1. The number of allylic oxidation sites excluding steroid dienone is 4. The molecule has 4 atom stereocenters. The van der Waals surface area contributed by atoms with Crippen LogP contribution in [0, 0.1) is 40.7 Å². The molecular formula is C19H18N2O4. The molecule has 0 N–H and O–H groups in total. The van der Waals surface area contributed by atoms with Gasteiger partial charge in [0.25, 0.3) is 5.69 Å². The molecule has 3 aliphatic rings.